The predicted octanol–water partition coefficient (Wildman–Crippen LogP) is 1.43. The minimum Gasteiger partial charge on any atom is -0.496 e. The van der Waals surface area contributed by atoms with Gasteiger partial charge in [-0.05, 0) is 37.6 Å². The van der Waals surface area contributed by atoms with Crippen LogP contribution in [0, 0.1) is 0 Å². The van der Waals surface area contributed by atoms with E-state index in [9.17, 15) is 0 Å². The molecular weight excluding hydrogens is 190 g/mol. The highest BCUT2D eigenvalue weighted by Crippen LogP contribution is 2.24. The highest BCUT2D eigenvalue weighted by molar-refractivity contribution is 5.21. The molecule has 0 amide bonds. The third kappa shape index (κ3) is 2.33. The van der Waals surface area contributed by atoms with Crippen molar-refractivity contribution in [3.05, 3.63) is 35.9 Å². The molecule has 1 unspecified atom stereocenters. The molecule has 0 spiro atoms. The van der Waals surface area contributed by atoms with E-state index in [1.54, 1.807) is 12.4 Å². The normalized spacial score (nSPS) is 17.8. The first-order chi connectivity index (χ1) is 7.42. The molecule has 0 fully saturated rings. The fourth-order valence-corrected chi connectivity index (χ4v) is 1.72. The first-order valence-corrected chi connectivity index (χ1v) is 5.18. The Morgan fingerprint density at radius 1 is 1.47 bits per heavy atom. The standard InChI is InChI=1S/C11H15N3O/c1-12-11(9-5-6-13-14-8-9)10-4-2-3-7-15-10/h4-6,8,11-12H,2-3,7H2,1H3. The molecule has 1 N–H and O–H groups in total. The second kappa shape index (κ2) is 4.89. The van der Waals surface area contributed by atoms with Crippen molar-refractivity contribution in [1.29, 1.82) is 0 Å². The number of rotatable bonds is 3. The summed E-state index contributed by atoms with van der Waals surface area (Å²) >= 11 is 0. The first-order valence-electron chi connectivity index (χ1n) is 5.18. The summed E-state index contributed by atoms with van der Waals surface area (Å²) < 4.78 is 5.64. The summed E-state index contributed by atoms with van der Waals surface area (Å²) in [5.41, 5.74) is 1.08. The zero-order chi connectivity index (χ0) is 10.5. The molecule has 1 aliphatic rings. The van der Waals surface area contributed by atoms with E-state index in [1.165, 1.54) is 0 Å². The van der Waals surface area contributed by atoms with E-state index in [2.05, 4.69) is 21.6 Å². The van der Waals surface area contributed by atoms with Gasteiger partial charge >= 0.3 is 0 Å². The van der Waals surface area contributed by atoms with Gasteiger partial charge in [0.2, 0.25) is 0 Å². The molecular formula is C11H15N3O. The third-order valence-electron chi connectivity index (χ3n) is 2.48. The SMILES string of the molecule is CNC(C1=CCCCO1)c1ccnnc1. The number of nitrogens with one attached hydrogen (secondary N) is 1. The maximum absolute atomic E-state index is 5.64. The van der Waals surface area contributed by atoms with E-state index >= 15 is 0 Å². The molecule has 0 radical (unpaired) electrons. The van der Waals surface area contributed by atoms with Crippen LogP contribution in [0.25, 0.3) is 0 Å². The fourth-order valence-electron chi connectivity index (χ4n) is 1.72. The molecule has 2 rings (SSSR count). The van der Waals surface area contributed by atoms with Gasteiger partial charge in [-0.15, -0.1) is 0 Å². The molecule has 1 aliphatic heterocycles. The summed E-state index contributed by atoms with van der Waals surface area (Å²) in [4.78, 5) is 0. The molecule has 0 aromatic carbocycles. The molecule has 4 heteroatoms. The fraction of sp³-hybridized carbons (Fsp3) is 0.455. The summed E-state index contributed by atoms with van der Waals surface area (Å²) in [6.07, 6.45) is 7.80. The van der Waals surface area contributed by atoms with Crippen LogP contribution in [0.1, 0.15) is 24.4 Å². The second-order valence-corrected chi connectivity index (χ2v) is 3.49. The predicted molar refractivity (Wildman–Crippen MR) is 57.1 cm³/mol. The Bertz CT molecular complexity index is 337. The third-order valence-corrected chi connectivity index (χ3v) is 2.48. The van der Waals surface area contributed by atoms with E-state index in [0.29, 0.717) is 0 Å². The van der Waals surface area contributed by atoms with Gasteiger partial charge in [0.1, 0.15) is 5.76 Å². The highest BCUT2D eigenvalue weighted by atomic mass is 16.5. The van der Waals surface area contributed by atoms with Gasteiger partial charge in [-0.1, -0.05) is 0 Å². The number of nitrogens with zero attached hydrogens (tertiary/aromatic N) is 2. The molecule has 0 aliphatic carbocycles. The zero-order valence-electron chi connectivity index (χ0n) is 8.81. The van der Waals surface area contributed by atoms with Gasteiger partial charge in [0.25, 0.3) is 0 Å². The minimum absolute atomic E-state index is 0.0980. The van der Waals surface area contributed by atoms with E-state index in [-0.39, 0.29) is 6.04 Å². The van der Waals surface area contributed by atoms with Crippen LogP contribution >= 0.6 is 0 Å². The number of hydrogen-bond acceptors (Lipinski definition) is 4. The van der Waals surface area contributed by atoms with Crippen molar-refractivity contribution in [2.24, 2.45) is 0 Å². The zero-order valence-corrected chi connectivity index (χ0v) is 8.81. The first kappa shape index (κ1) is 10.1. The number of ether oxygens (including phenoxy) is 1. The van der Waals surface area contributed by atoms with Crippen molar-refractivity contribution < 1.29 is 4.74 Å². The lowest BCUT2D eigenvalue weighted by atomic mass is 10.1. The number of aromatic nitrogens is 2. The Labute approximate surface area is 89.4 Å². The molecule has 1 aromatic rings. The maximum atomic E-state index is 5.64. The largest absolute Gasteiger partial charge is 0.496 e. The van der Waals surface area contributed by atoms with Gasteiger partial charge in [-0.2, -0.15) is 10.2 Å². The van der Waals surface area contributed by atoms with Crippen LogP contribution in [-0.2, 0) is 4.74 Å². The van der Waals surface area contributed by atoms with Gasteiger partial charge in [0.05, 0.1) is 18.8 Å². The Balaban J connectivity index is 2.20. The highest BCUT2D eigenvalue weighted by Gasteiger charge is 2.18. The lowest BCUT2D eigenvalue weighted by Gasteiger charge is -2.23. The Morgan fingerprint density at radius 2 is 2.40 bits per heavy atom. The lowest BCUT2D eigenvalue weighted by Crippen LogP contribution is -2.22. The summed E-state index contributed by atoms with van der Waals surface area (Å²) in [6, 6.07) is 2.05. The van der Waals surface area contributed by atoms with Crippen molar-refractivity contribution >= 4 is 0 Å². The molecule has 0 bridgehead atoms. The van der Waals surface area contributed by atoms with Crippen molar-refractivity contribution in [1.82, 2.24) is 15.5 Å². The molecule has 0 saturated carbocycles. The second-order valence-electron chi connectivity index (χ2n) is 3.49. The number of allylic oxidation sites excluding steroid dienone is 1. The average Bonchev–Trinajstić information content (AvgIpc) is 2.33. The van der Waals surface area contributed by atoms with E-state index in [1.807, 2.05) is 13.1 Å². The molecule has 0 saturated heterocycles. The van der Waals surface area contributed by atoms with Crippen LogP contribution < -0.4 is 5.32 Å². The van der Waals surface area contributed by atoms with Gasteiger partial charge in [0, 0.05) is 6.20 Å². The van der Waals surface area contributed by atoms with Gasteiger partial charge in [0.15, 0.2) is 0 Å². The molecule has 1 atom stereocenters. The smallest absolute Gasteiger partial charge is 0.113 e. The quantitative estimate of drug-likeness (QED) is 0.811. The monoisotopic (exact) mass is 205 g/mol. The van der Waals surface area contributed by atoms with Crippen LogP contribution in [0.15, 0.2) is 30.3 Å². The number of hydrogen-bond donors (Lipinski definition) is 1. The van der Waals surface area contributed by atoms with Gasteiger partial charge < -0.3 is 10.1 Å². The average molecular weight is 205 g/mol. The van der Waals surface area contributed by atoms with Crippen molar-refractivity contribution in [3.8, 4) is 0 Å². The summed E-state index contributed by atoms with van der Waals surface area (Å²) in [5.74, 6) is 0.997. The lowest BCUT2D eigenvalue weighted by molar-refractivity contribution is 0.169. The Kier molecular flexibility index (Phi) is 3.29. The summed E-state index contributed by atoms with van der Waals surface area (Å²) in [5, 5.41) is 10.9. The van der Waals surface area contributed by atoms with E-state index in [0.717, 1.165) is 30.8 Å². The van der Waals surface area contributed by atoms with Crippen molar-refractivity contribution in [2.45, 2.75) is 18.9 Å². The van der Waals surface area contributed by atoms with Gasteiger partial charge in [-0.25, -0.2) is 0 Å². The van der Waals surface area contributed by atoms with Crippen LogP contribution in [-0.4, -0.2) is 23.9 Å². The molecule has 15 heavy (non-hydrogen) atoms. The number of likely N-dealkylation sites (N-methyl/N-ethyl adjacent to an activating group) is 1. The minimum atomic E-state index is 0.0980. The topological polar surface area (TPSA) is 47.0 Å². The van der Waals surface area contributed by atoms with Crippen LogP contribution in [0.2, 0.25) is 0 Å². The molecule has 1 aromatic heterocycles. The van der Waals surface area contributed by atoms with Crippen molar-refractivity contribution in [2.75, 3.05) is 13.7 Å². The summed E-state index contributed by atoms with van der Waals surface area (Å²) in [6.45, 7) is 0.808. The van der Waals surface area contributed by atoms with E-state index < -0.39 is 0 Å². The van der Waals surface area contributed by atoms with E-state index in [4.69, 9.17) is 4.74 Å². The van der Waals surface area contributed by atoms with Crippen LogP contribution in [0.5, 0.6) is 0 Å². The van der Waals surface area contributed by atoms with Gasteiger partial charge in [-0.3, -0.25) is 0 Å². The summed E-state index contributed by atoms with van der Waals surface area (Å²) in [7, 11) is 1.92. The van der Waals surface area contributed by atoms with Crippen LogP contribution in [0.4, 0.5) is 0 Å². The Morgan fingerprint density at radius 3 is 3.00 bits per heavy atom. The molecule has 4 nitrogen and oxygen atoms in total. The van der Waals surface area contributed by atoms with Crippen molar-refractivity contribution in [3.63, 3.8) is 0 Å². The Hall–Kier alpha value is -1.42. The maximum Gasteiger partial charge on any atom is 0.113 e. The molecule has 2 heterocycles. The van der Waals surface area contributed by atoms with Crippen LogP contribution in [0.3, 0.4) is 0 Å². The molecule has 80 valence electrons.